The van der Waals surface area contributed by atoms with E-state index in [1.165, 1.54) is 15.8 Å². The van der Waals surface area contributed by atoms with Crippen molar-refractivity contribution in [3.63, 3.8) is 0 Å². The number of rotatable bonds is 4. The van der Waals surface area contributed by atoms with E-state index in [-0.39, 0.29) is 11.5 Å². The molecule has 6 heteroatoms. The monoisotopic (exact) mass is 425 g/mol. The van der Waals surface area contributed by atoms with E-state index in [4.69, 9.17) is 0 Å². The van der Waals surface area contributed by atoms with Crippen molar-refractivity contribution in [3.05, 3.63) is 83.4 Å². The van der Waals surface area contributed by atoms with Gasteiger partial charge in [-0.25, -0.2) is 4.98 Å². The first-order valence-electron chi connectivity index (χ1n) is 9.28. The third-order valence-electron chi connectivity index (χ3n) is 4.18. The van der Waals surface area contributed by atoms with Crippen LogP contribution < -0.4 is 0 Å². The van der Waals surface area contributed by atoms with Crippen LogP contribution in [0.2, 0.25) is 0 Å². The maximum atomic E-state index is 11.3. The summed E-state index contributed by atoms with van der Waals surface area (Å²) in [5.41, 5.74) is 4.60. The first-order chi connectivity index (χ1) is 13.9. The zero-order valence-corrected chi connectivity index (χ0v) is 18.3. The molecule has 29 heavy (non-hydrogen) atoms. The predicted octanol–water partition coefficient (Wildman–Crippen LogP) is 5.99. The molecule has 0 N–H and O–H groups in total. The van der Waals surface area contributed by atoms with Crippen LogP contribution in [-0.4, -0.2) is 20.0 Å². The van der Waals surface area contributed by atoms with Gasteiger partial charge in [0.05, 0.1) is 26.7 Å². The van der Waals surface area contributed by atoms with E-state index in [0.29, 0.717) is 0 Å². The Labute approximate surface area is 176 Å². The minimum Gasteiger partial charge on any atom is -0.267 e. The molecule has 0 aliphatic rings. The topological polar surface area (TPSA) is 56.3 Å². The second kappa shape index (κ2) is 9.31. The Morgan fingerprint density at radius 3 is 2.24 bits per heavy atom. The van der Waals surface area contributed by atoms with Crippen LogP contribution in [0.4, 0.5) is 0 Å². The SMILES string of the molecule is CCOS(=O)(=O)c1ccc(C)cc1.Cc1nc2cc(-c3ccccc3)ccc2s1. The smallest absolute Gasteiger partial charge is 0.267 e. The molecule has 0 spiro atoms. The zero-order chi connectivity index (χ0) is 20.9. The zero-order valence-electron chi connectivity index (χ0n) is 16.6. The Bertz CT molecular complexity index is 1180. The second-order valence-corrected chi connectivity index (χ2v) is 9.31. The Morgan fingerprint density at radius 2 is 1.59 bits per heavy atom. The molecule has 4 nitrogen and oxygen atoms in total. The molecule has 0 radical (unpaired) electrons. The third kappa shape index (κ3) is 5.50. The van der Waals surface area contributed by atoms with Gasteiger partial charge in [-0.3, -0.25) is 4.18 Å². The lowest BCUT2D eigenvalue weighted by molar-refractivity contribution is 0.338. The molecular formula is C23H23NO3S2. The fraction of sp³-hybridized carbons (Fsp3) is 0.174. The molecule has 0 bridgehead atoms. The first kappa shape index (κ1) is 21.2. The van der Waals surface area contributed by atoms with Gasteiger partial charge in [0.25, 0.3) is 10.1 Å². The van der Waals surface area contributed by atoms with Crippen LogP contribution in [0.15, 0.2) is 77.7 Å². The van der Waals surface area contributed by atoms with Gasteiger partial charge in [0.2, 0.25) is 0 Å². The second-order valence-electron chi connectivity index (χ2n) is 6.46. The Morgan fingerprint density at radius 1 is 0.897 bits per heavy atom. The highest BCUT2D eigenvalue weighted by atomic mass is 32.2. The maximum Gasteiger partial charge on any atom is 0.296 e. The van der Waals surface area contributed by atoms with Crippen molar-refractivity contribution in [2.75, 3.05) is 6.61 Å². The number of hydrogen-bond donors (Lipinski definition) is 0. The molecule has 0 unspecified atom stereocenters. The summed E-state index contributed by atoms with van der Waals surface area (Å²) >= 11 is 1.74. The molecule has 0 fully saturated rings. The van der Waals surface area contributed by atoms with Gasteiger partial charge in [-0.05, 0) is 56.2 Å². The normalized spacial score (nSPS) is 11.1. The van der Waals surface area contributed by atoms with Gasteiger partial charge in [-0.15, -0.1) is 11.3 Å². The highest BCUT2D eigenvalue weighted by Crippen LogP contribution is 2.27. The lowest BCUT2D eigenvalue weighted by Crippen LogP contribution is -2.05. The number of hydrogen-bond acceptors (Lipinski definition) is 5. The first-order valence-corrected chi connectivity index (χ1v) is 11.5. The Kier molecular flexibility index (Phi) is 6.79. The molecule has 4 aromatic rings. The number of aromatic nitrogens is 1. The summed E-state index contributed by atoms with van der Waals surface area (Å²) in [6.45, 7) is 5.76. The van der Waals surface area contributed by atoms with Crippen LogP contribution in [0.25, 0.3) is 21.3 Å². The van der Waals surface area contributed by atoms with Gasteiger partial charge in [0.15, 0.2) is 0 Å². The molecule has 0 amide bonds. The van der Waals surface area contributed by atoms with Crippen molar-refractivity contribution < 1.29 is 12.6 Å². The highest BCUT2D eigenvalue weighted by molar-refractivity contribution is 7.86. The van der Waals surface area contributed by atoms with Gasteiger partial charge in [-0.2, -0.15) is 8.42 Å². The van der Waals surface area contributed by atoms with Crippen LogP contribution in [0.3, 0.4) is 0 Å². The van der Waals surface area contributed by atoms with Crippen molar-refractivity contribution in [2.24, 2.45) is 0 Å². The van der Waals surface area contributed by atoms with E-state index < -0.39 is 10.1 Å². The van der Waals surface area contributed by atoms with E-state index in [0.717, 1.165) is 16.1 Å². The summed E-state index contributed by atoms with van der Waals surface area (Å²) in [7, 11) is -3.53. The molecule has 0 aliphatic heterocycles. The van der Waals surface area contributed by atoms with Gasteiger partial charge >= 0.3 is 0 Å². The van der Waals surface area contributed by atoms with Crippen LogP contribution in [0.1, 0.15) is 17.5 Å². The molecule has 0 aliphatic carbocycles. The standard InChI is InChI=1S/C14H11NS.C9H12O3S/c1-10-15-13-9-12(7-8-14(13)16-10)11-5-3-2-4-6-11;1-3-12-13(10,11)9-6-4-8(2)5-7-9/h2-9H,1H3;4-7H,3H2,1-2H3. The largest absolute Gasteiger partial charge is 0.296 e. The third-order valence-corrected chi connectivity index (χ3v) is 6.53. The highest BCUT2D eigenvalue weighted by Gasteiger charge is 2.12. The van der Waals surface area contributed by atoms with E-state index in [1.54, 1.807) is 42.5 Å². The fourth-order valence-corrected chi connectivity index (χ4v) is 4.50. The van der Waals surface area contributed by atoms with Gasteiger partial charge < -0.3 is 0 Å². The molecular weight excluding hydrogens is 402 g/mol. The number of benzene rings is 3. The Hall–Kier alpha value is -2.54. The van der Waals surface area contributed by atoms with E-state index in [1.807, 2.05) is 19.9 Å². The quantitative estimate of drug-likeness (QED) is 0.377. The molecule has 3 aromatic carbocycles. The van der Waals surface area contributed by atoms with E-state index in [2.05, 4.69) is 51.6 Å². The van der Waals surface area contributed by atoms with Crippen molar-refractivity contribution in [1.29, 1.82) is 0 Å². The van der Waals surface area contributed by atoms with Gasteiger partial charge in [-0.1, -0.05) is 54.1 Å². The summed E-state index contributed by atoms with van der Waals surface area (Å²) in [4.78, 5) is 4.73. The summed E-state index contributed by atoms with van der Waals surface area (Å²) in [5.74, 6) is 0. The van der Waals surface area contributed by atoms with E-state index >= 15 is 0 Å². The molecule has 0 saturated carbocycles. The molecule has 1 aromatic heterocycles. The lowest BCUT2D eigenvalue weighted by atomic mass is 10.1. The molecule has 150 valence electrons. The fourth-order valence-electron chi connectivity index (χ4n) is 2.78. The minimum atomic E-state index is -3.53. The molecule has 4 rings (SSSR count). The summed E-state index contributed by atoms with van der Waals surface area (Å²) in [5, 5.41) is 1.13. The van der Waals surface area contributed by atoms with E-state index in [9.17, 15) is 8.42 Å². The van der Waals surface area contributed by atoms with Crippen molar-refractivity contribution in [2.45, 2.75) is 25.7 Å². The van der Waals surface area contributed by atoms with Crippen LogP contribution in [-0.2, 0) is 14.3 Å². The van der Waals surface area contributed by atoms with Crippen molar-refractivity contribution in [1.82, 2.24) is 4.98 Å². The molecule has 0 atom stereocenters. The summed E-state index contributed by atoms with van der Waals surface area (Å²) in [6.07, 6.45) is 0. The lowest BCUT2D eigenvalue weighted by Gasteiger charge is -2.02. The molecule has 1 heterocycles. The number of nitrogens with zero attached hydrogens (tertiary/aromatic N) is 1. The van der Waals surface area contributed by atoms with Crippen molar-refractivity contribution in [3.8, 4) is 11.1 Å². The van der Waals surface area contributed by atoms with Crippen LogP contribution >= 0.6 is 11.3 Å². The number of fused-ring (bicyclic) bond motifs is 1. The average molecular weight is 426 g/mol. The Balaban J connectivity index is 0.000000170. The van der Waals surface area contributed by atoms with Crippen LogP contribution in [0.5, 0.6) is 0 Å². The molecule has 0 saturated heterocycles. The maximum absolute atomic E-state index is 11.3. The van der Waals surface area contributed by atoms with Crippen molar-refractivity contribution >= 4 is 31.7 Å². The minimum absolute atomic E-state index is 0.163. The van der Waals surface area contributed by atoms with Gasteiger partial charge in [0, 0.05) is 0 Å². The summed E-state index contributed by atoms with van der Waals surface area (Å²) in [6, 6.07) is 23.5. The summed E-state index contributed by atoms with van der Waals surface area (Å²) < 4.78 is 28.5. The van der Waals surface area contributed by atoms with Gasteiger partial charge in [0.1, 0.15) is 0 Å². The average Bonchev–Trinajstić information content (AvgIpc) is 3.08. The number of aryl methyl sites for hydroxylation is 2. The van der Waals surface area contributed by atoms with Crippen LogP contribution in [0, 0.1) is 13.8 Å². The number of thiazole rings is 1. The predicted molar refractivity (Wildman–Crippen MR) is 120 cm³/mol.